The molecule has 1 aromatic heterocycles. The third-order valence-corrected chi connectivity index (χ3v) is 2.71. The maximum atomic E-state index is 11.5. The second kappa shape index (κ2) is 4.45. The third-order valence-electron chi connectivity index (χ3n) is 2.71. The molecule has 3 heteroatoms. The van der Waals surface area contributed by atoms with Gasteiger partial charge in [0.1, 0.15) is 5.75 Å². The maximum absolute atomic E-state index is 11.5. The van der Waals surface area contributed by atoms with Crippen molar-refractivity contribution in [3.05, 3.63) is 51.8 Å². The number of rotatable bonds is 2. The zero-order valence-corrected chi connectivity index (χ0v) is 10.2. The van der Waals surface area contributed by atoms with Crippen LogP contribution in [0.1, 0.15) is 11.3 Å². The summed E-state index contributed by atoms with van der Waals surface area (Å²) >= 11 is 0. The molecular weight excluding hydrogens is 214 g/mol. The zero-order valence-electron chi connectivity index (χ0n) is 10.2. The fourth-order valence-electron chi connectivity index (χ4n) is 1.85. The number of methoxy groups -OCH3 is 1. The highest BCUT2D eigenvalue weighted by Crippen LogP contribution is 2.25. The molecule has 0 radical (unpaired) electrons. The molecule has 17 heavy (non-hydrogen) atoms. The molecule has 88 valence electrons. The summed E-state index contributed by atoms with van der Waals surface area (Å²) in [5.74, 6) is 0.785. The fraction of sp³-hybridized carbons (Fsp3) is 0.214. The van der Waals surface area contributed by atoms with E-state index in [1.54, 1.807) is 19.2 Å². The molecule has 1 N–H and O–H groups in total. The molecule has 0 atom stereocenters. The smallest absolute Gasteiger partial charge is 0.182 e. The first-order valence-corrected chi connectivity index (χ1v) is 5.46. The molecule has 2 rings (SSSR count). The Bertz CT molecular complexity index is 599. The number of aryl methyl sites for hydroxylation is 2. The van der Waals surface area contributed by atoms with Gasteiger partial charge in [-0.3, -0.25) is 4.79 Å². The normalized spacial score (nSPS) is 10.3. The van der Waals surface area contributed by atoms with Crippen LogP contribution in [-0.2, 0) is 0 Å². The average molecular weight is 229 g/mol. The van der Waals surface area contributed by atoms with Gasteiger partial charge in [-0.25, -0.2) is 0 Å². The maximum Gasteiger partial charge on any atom is 0.182 e. The number of nitrogens with one attached hydrogen (secondary N) is 1. The Morgan fingerprint density at radius 2 is 1.88 bits per heavy atom. The van der Waals surface area contributed by atoms with E-state index in [4.69, 9.17) is 4.74 Å². The highest BCUT2D eigenvalue weighted by atomic mass is 16.5. The van der Waals surface area contributed by atoms with Crippen LogP contribution in [0.15, 0.2) is 35.1 Å². The van der Waals surface area contributed by atoms with Crippen LogP contribution in [0.5, 0.6) is 5.75 Å². The first kappa shape index (κ1) is 11.5. The Kier molecular flexibility index (Phi) is 3.00. The second-order valence-corrected chi connectivity index (χ2v) is 4.09. The summed E-state index contributed by atoms with van der Waals surface area (Å²) in [6.07, 6.45) is 0. The van der Waals surface area contributed by atoms with Gasteiger partial charge in [-0.1, -0.05) is 6.07 Å². The van der Waals surface area contributed by atoms with E-state index in [-0.39, 0.29) is 5.43 Å². The van der Waals surface area contributed by atoms with Crippen molar-refractivity contribution in [3.63, 3.8) is 0 Å². The minimum absolute atomic E-state index is 0.0125. The number of pyridine rings is 1. The number of H-pyrrole nitrogens is 1. The van der Waals surface area contributed by atoms with Crippen LogP contribution in [0.4, 0.5) is 0 Å². The predicted molar refractivity (Wildman–Crippen MR) is 68.5 cm³/mol. The third kappa shape index (κ3) is 2.38. The quantitative estimate of drug-likeness (QED) is 0.860. The van der Waals surface area contributed by atoms with Crippen LogP contribution in [0.25, 0.3) is 11.3 Å². The highest BCUT2D eigenvalue weighted by molar-refractivity contribution is 5.65. The Morgan fingerprint density at radius 1 is 1.12 bits per heavy atom. The lowest BCUT2D eigenvalue weighted by Crippen LogP contribution is -2.02. The number of aromatic nitrogens is 1. The average Bonchev–Trinajstić information content (AvgIpc) is 2.28. The van der Waals surface area contributed by atoms with Crippen molar-refractivity contribution < 1.29 is 4.74 Å². The molecule has 3 nitrogen and oxygen atoms in total. The molecule has 1 aromatic carbocycles. The molecule has 0 bridgehead atoms. The van der Waals surface area contributed by atoms with Crippen LogP contribution in [0.3, 0.4) is 0 Å². The van der Waals surface area contributed by atoms with Crippen LogP contribution in [0.2, 0.25) is 0 Å². The van der Waals surface area contributed by atoms with Crippen molar-refractivity contribution in [2.75, 3.05) is 7.11 Å². The van der Waals surface area contributed by atoms with Crippen molar-refractivity contribution in [2.45, 2.75) is 13.8 Å². The number of hydrogen-bond acceptors (Lipinski definition) is 2. The summed E-state index contributed by atoms with van der Waals surface area (Å²) in [5.41, 5.74) is 3.79. The first-order chi connectivity index (χ1) is 8.10. The lowest BCUT2D eigenvalue weighted by atomic mass is 10.0. The molecule has 0 aliphatic carbocycles. The number of aromatic amines is 1. The van der Waals surface area contributed by atoms with Gasteiger partial charge in [0, 0.05) is 29.1 Å². The van der Waals surface area contributed by atoms with E-state index in [2.05, 4.69) is 4.98 Å². The molecular formula is C14H15NO2. The summed E-state index contributed by atoms with van der Waals surface area (Å²) in [4.78, 5) is 14.7. The SMILES string of the molecule is COc1ccc(C)c(-c2cc(=O)cc(C)[nH]2)c1. The van der Waals surface area contributed by atoms with Crippen molar-refractivity contribution in [1.82, 2.24) is 4.98 Å². The van der Waals surface area contributed by atoms with Gasteiger partial charge >= 0.3 is 0 Å². The molecule has 2 aromatic rings. The van der Waals surface area contributed by atoms with Crippen molar-refractivity contribution in [1.29, 1.82) is 0 Å². The van der Waals surface area contributed by atoms with E-state index in [1.165, 1.54) is 0 Å². The number of hydrogen-bond donors (Lipinski definition) is 1. The molecule has 0 saturated carbocycles. The van der Waals surface area contributed by atoms with Crippen LogP contribution >= 0.6 is 0 Å². The van der Waals surface area contributed by atoms with E-state index >= 15 is 0 Å². The van der Waals surface area contributed by atoms with Gasteiger partial charge in [0.15, 0.2) is 5.43 Å². The zero-order chi connectivity index (χ0) is 12.4. The largest absolute Gasteiger partial charge is 0.497 e. The summed E-state index contributed by atoms with van der Waals surface area (Å²) in [7, 11) is 1.63. The van der Waals surface area contributed by atoms with Crippen LogP contribution < -0.4 is 10.2 Å². The second-order valence-electron chi connectivity index (χ2n) is 4.09. The van der Waals surface area contributed by atoms with Gasteiger partial charge in [0.25, 0.3) is 0 Å². The van der Waals surface area contributed by atoms with Gasteiger partial charge < -0.3 is 9.72 Å². The van der Waals surface area contributed by atoms with Gasteiger partial charge in [0.2, 0.25) is 0 Å². The van der Waals surface area contributed by atoms with Gasteiger partial charge in [-0.15, -0.1) is 0 Å². The molecule has 0 unspecified atom stereocenters. The lowest BCUT2D eigenvalue weighted by molar-refractivity contribution is 0.415. The predicted octanol–water partition coefficient (Wildman–Crippen LogP) is 2.67. The molecule has 0 aliphatic rings. The number of ether oxygens (including phenoxy) is 1. The van der Waals surface area contributed by atoms with E-state index in [0.29, 0.717) is 0 Å². The Balaban J connectivity index is 2.62. The van der Waals surface area contributed by atoms with Gasteiger partial charge in [0.05, 0.1) is 7.11 Å². The standard InChI is InChI=1S/C14H15NO2/c1-9-4-5-12(17-3)8-13(9)14-7-11(16)6-10(2)15-14/h4-8H,1-3H3,(H,15,16). The van der Waals surface area contributed by atoms with E-state index in [9.17, 15) is 4.79 Å². The molecule has 0 fully saturated rings. The summed E-state index contributed by atoms with van der Waals surface area (Å²) in [6.45, 7) is 3.88. The lowest BCUT2D eigenvalue weighted by Gasteiger charge is -2.09. The topological polar surface area (TPSA) is 42.1 Å². The summed E-state index contributed by atoms with van der Waals surface area (Å²) in [5, 5.41) is 0. The Hall–Kier alpha value is -2.03. The first-order valence-electron chi connectivity index (χ1n) is 5.46. The van der Waals surface area contributed by atoms with E-state index < -0.39 is 0 Å². The van der Waals surface area contributed by atoms with Crippen LogP contribution in [0, 0.1) is 13.8 Å². The minimum atomic E-state index is 0.0125. The summed E-state index contributed by atoms with van der Waals surface area (Å²) in [6, 6.07) is 9.01. The van der Waals surface area contributed by atoms with Gasteiger partial charge in [-0.2, -0.15) is 0 Å². The monoisotopic (exact) mass is 229 g/mol. The van der Waals surface area contributed by atoms with Crippen molar-refractivity contribution in [3.8, 4) is 17.0 Å². The Labute approximate surface area is 100 Å². The Morgan fingerprint density at radius 3 is 2.53 bits per heavy atom. The fourth-order valence-corrected chi connectivity index (χ4v) is 1.85. The van der Waals surface area contributed by atoms with Gasteiger partial charge in [-0.05, 0) is 31.5 Å². The molecule has 0 aliphatic heterocycles. The van der Waals surface area contributed by atoms with Crippen molar-refractivity contribution >= 4 is 0 Å². The minimum Gasteiger partial charge on any atom is -0.497 e. The molecule has 0 amide bonds. The molecule has 0 saturated heterocycles. The van der Waals surface area contributed by atoms with E-state index in [0.717, 1.165) is 28.3 Å². The van der Waals surface area contributed by atoms with Crippen molar-refractivity contribution in [2.24, 2.45) is 0 Å². The molecule has 0 spiro atoms. The van der Waals surface area contributed by atoms with E-state index in [1.807, 2.05) is 32.0 Å². The molecule has 1 heterocycles. The van der Waals surface area contributed by atoms with Crippen LogP contribution in [-0.4, -0.2) is 12.1 Å². The summed E-state index contributed by atoms with van der Waals surface area (Å²) < 4.78 is 5.20. The highest BCUT2D eigenvalue weighted by Gasteiger charge is 2.05. The number of benzene rings is 1.